The second-order valence-electron chi connectivity index (χ2n) is 5.74. The molecule has 6 nitrogen and oxygen atoms in total. The number of aliphatic hydroxyl groups is 1. The molecule has 2 aromatic carbocycles. The van der Waals surface area contributed by atoms with E-state index in [-0.39, 0.29) is 10.6 Å². The minimum atomic E-state index is -3.53. The largest absolute Gasteiger partial charge is 0.395 e. The lowest BCUT2D eigenvalue weighted by Crippen LogP contribution is -2.10. The van der Waals surface area contributed by atoms with E-state index < -0.39 is 16.4 Å². The van der Waals surface area contributed by atoms with Crippen LogP contribution in [-0.2, 0) is 9.84 Å². The Balaban J connectivity index is 1.78. The van der Waals surface area contributed by atoms with Gasteiger partial charge in [0, 0.05) is 23.0 Å². The van der Waals surface area contributed by atoms with Gasteiger partial charge in [-0.05, 0) is 42.5 Å². The van der Waals surface area contributed by atoms with Crippen LogP contribution in [0.4, 0.5) is 11.4 Å². The Bertz CT molecular complexity index is 1200. The molecule has 0 radical (unpaired) electrons. The molecule has 0 bridgehead atoms. The van der Waals surface area contributed by atoms with Gasteiger partial charge in [0.25, 0.3) is 0 Å². The van der Waals surface area contributed by atoms with E-state index in [4.69, 9.17) is 5.11 Å². The van der Waals surface area contributed by atoms with Gasteiger partial charge in [-0.15, -0.1) is 11.3 Å². The van der Waals surface area contributed by atoms with E-state index in [1.807, 2.05) is 18.2 Å². The smallest absolute Gasteiger partial charge is 0.180 e. The molecule has 0 fully saturated rings. The van der Waals surface area contributed by atoms with Crippen LogP contribution in [0.15, 0.2) is 59.1 Å². The molecule has 0 spiro atoms. The summed E-state index contributed by atoms with van der Waals surface area (Å²) in [6.45, 7) is -0.411. The number of rotatable bonds is 5. The van der Waals surface area contributed by atoms with Gasteiger partial charge in [0.1, 0.15) is 0 Å². The van der Waals surface area contributed by atoms with Gasteiger partial charge >= 0.3 is 0 Å². The fourth-order valence-electron chi connectivity index (χ4n) is 2.76. The van der Waals surface area contributed by atoms with Crippen molar-refractivity contribution >= 4 is 53.7 Å². The SMILES string of the molecule is O=S(=O)(CCO)c1ccc2nccc(Nc3ccc4scnc4c3)c2c1. The molecule has 4 aromatic rings. The number of aliphatic hydroxyl groups excluding tert-OH is 1. The number of nitrogens with zero attached hydrogens (tertiary/aromatic N) is 2. The van der Waals surface area contributed by atoms with E-state index >= 15 is 0 Å². The van der Waals surface area contributed by atoms with Gasteiger partial charge < -0.3 is 10.4 Å². The predicted octanol–water partition coefficient (Wildman–Crippen LogP) is 3.35. The number of hydrogen-bond acceptors (Lipinski definition) is 7. The summed E-state index contributed by atoms with van der Waals surface area (Å²) < 4.78 is 25.6. The average Bonchev–Trinajstić information content (AvgIpc) is 3.09. The highest BCUT2D eigenvalue weighted by atomic mass is 32.2. The Kier molecular flexibility index (Phi) is 4.31. The number of nitrogens with one attached hydrogen (secondary N) is 1. The molecule has 26 heavy (non-hydrogen) atoms. The third kappa shape index (κ3) is 3.14. The lowest BCUT2D eigenvalue weighted by molar-refractivity contribution is 0.319. The van der Waals surface area contributed by atoms with Crippen LogP contribution < -0.4 is 5.32 Å². The highest BCUT2D eigenvalue weighted by Crippen LogP contribution is 2.29. The molecule has 4 rings (SSSR count). The molecular weight excluding hydrogens is 370 g/mol. The number of thiazole rings is 1. The summed E-state index contributed by atoms with van der Waals surface area (Å²) in [6.07, 6.45) is 1.67. The second-order valence-corrected chi connectivity index (χ2v) is 8.74. The Hall–Kier alpha value is -2.55. The first-order chi connectivity index (χ1) is 12.6. The van der Waals surface area contributed by atoms with Crippen molar-refractivity contribution in [3.8, 4) is 0 Å². The van der Waals surface area contributed by atoms with Crippen molar-refractivity contribution in [2.45, 2.75) is 4.90 Å². The van der Waals surface area contributed by atoms with Crippen LogP contribution in [-0.4, -0.2) is 35.9 Å². The topological polar surface area (TPSA) is 92.2 Å². The highest BCUT2D eigenvalue weighted by Gasteiger charge is 2.15. The van der Waals surface area contributed by atoms with Crippen LogP contribution in [0.5, 0.6) is 0 Å². The van der Waals surface area contributed by atoms with Crippen LogP contribution in [0, 0.1) is 0 Å². The van der Waals surface area contributed by atoms with Crippen molar-refractivity contribution in [3.63, 3.8) is 0 Å². The van der Waals surface area contributed by atoms with Gasteiger partial charge in [-0.1, -0.05) is 0 Å². The minimum Gasteiger partial charge on any atom is -0.395 e. The van der Waals surface area contributed by atoms with E-state index in [0.29, 0.717) is 10.9 Å². The molecule has 0 saturated heterocycles. The van der Waals surface area contributed by atoms with Crippen molar-refractivity contribution in [2.24, 2.45) is 0 Å². The van der Waals surface area contributed by atoms with E-state index in [0.717, 1.165) is 21.6 Å². The highest BCUT2D eigenvalue weighted by molar-refractivity contribution is 7.91. The number of pyridine rings is 1. The zero-order valence-corrected chi connectivity index (χ0v) is 15.2. The molecule has 0 aliphatic heterocycles. The summed E-state index contributed by atoms with van der Waals surface area (Å²) in [5.41, 5.74) is 5.01. The van der Waals surface area contributed by atoms with E-state index in [1.54, 1.807) is 41.2 Å². The Morgan fingerprint density at radius 1 is 1.04 bits per heavy atom. The third-order valence-electron chi connectivity index (χ3n) is 4.04. The van der Waals surface area contributed by atoms with Crippen LogP contribution in [0.1, 0.15) is 0 Å². The van der Waals surface area contributed by atoms with Crippen molar-refractivity contribution in [1.82, 2.24) is 9.97 Å². The number of sulfone groups is 1. The summed E-state index contributed by atoms with van der Waals surface area (Å²) in [6, 6.07) is 12.5. The zero-order valence-electron chi connectivity index (χ0n) is 13.6. The van der Waals surface area contributed by atoms with E-state index in [2.05, 4.69) is 15.3 Å². The molecule has 2 N–H and O–H groups in total. The molecule has 0 atom stereocenters. The first-order valence-corrected chi connectivity index (χ1v) is 10.4. The molecule has 0 amide bonds. The molecule has 0 aliphatic carbocycles. The Labute approximate surface area is 154 Å². The van der Waals surface area contributed by atoms with Gasteiger partial charge in [0.05, 0.1) is 38.5 Å². The summed E-state index contributed by atoms with van der Waals surface area (Å²) in [5.74, 6) is -0.304. The summed E-state index contributed by atoms with van der Waals surface area (Å²) in [5, 5.41) is 13.0. The number of hydrogen-bond donors (Lipinski definition) is 2. The van der Waals surface area contributed by atoms with Gasteiger partial charge in [-0.3, -0.25) is 4.98 Å². The fraction of sp³-hybridized carbons (Fsp3) is 0.111. The van der Waals surface area contributed by atoms with Gasteiger partial charge in [0.2, 0.25) is 0 Å². The van der Waals surface area contributed by atoms with Gasteiger partial charge in [-0.25, -0.2) is 13.4 Å². The van der Waals surface area contributed by atoms with Crippen LogP contribution in [0.25, 0.3) is 21.1 Å². The number of benzene rings is 2. The summed E-state index contributed by atoms with van der Waals surface area (Å²) in [7, 11) is -3.53. The number of fused-ring (bicyclic) bond motifs is 2. The standard InChI is InChI=1S/C18H15N3O3S2/c22-7-8-26(23,24)13-2-3-15-14(10-13)16(5-6-19-15)21-12-1-4-18-17(9-12)20-11-25-18/h1-6,9-11,22H,7-8H2,(H,19,21). The van der Waals surface area contributed by atoms with E-state index in [1.165, 1.54) is 6.07 Å². The van der Waals surface area contributed by atoms with Gasteiger partial charge in [0.15, 0.2) is 9.84 Å². The Morgan fingerprint density at radius 3 is 2.77 bits per heavy atom. The fourth-order valence-corrected chi connectivity index (χ4v) is 4.46. The normalized spacial score (nSPS) is 11.9. The van der Waals surface area contributed by atoms with Gasteiger partial charge in [-0.2, -0.15) is 0 Å². The summed E-state index contributed by atoms with van der Waals surface area (Å²) in [4.78, 5) is 8.78. The minimum absolute atomic E-state index is 0.171. The average molecular weight is 385 g/mol. The zero-order chi connectivity index (χ0) is 18.1. The van der Waals surface area contributed by atoms with Crippen molar-refractivity contribution in [1.29, 1.82) is 0 Å². The molecule has 2 aromatic heterocycles. The molecule has 0 aliphatic rings. The molecule has 0 saturated carbocycles. The molecule has 132 valence electrons. The molecule has 2 heterocycles. The van der Waals surface area contributed by atoms with Crippen LogP contribution in [0.2, 0.25) is 0 Å². The monoisotopic (exact) mass is 385 g/mol. The molecular formula is C18H15N3O3S2. The third-order valence-corrected chi connectivity index (χ3v) is 6.54. The maximum absolute atomic E-state index is 12.3. The lowest BCUT2D eigenvalue weighted by Gasteiger charge is -2.11. The van der Waals surface area contributed by atoms with E-state index in [9.17, 15) is 8.42 Å². The van der Waals surface area contributed by atoms with Crippen molar-refractivity contribution in [2.75, 3.05) is 17.7 Å². The summed E-state index contributed by atoms with van der Waals surface area (Å²) >= 11 is 1.58. The lowest BCUT2D eigenvalue weighted by atomic mass is 10.2. The van der Waals surface area contributed by atoms with Crippen LogP contribution >= 0.6 is 11.3 Å². The number of anilines is 2. The Morgan fingerprint density at radius 2 is 1.92 bits per heavy atom. The number of aromatic nitrogens is 2. The maximum atomic E-state index is 12.3. The first kappa shape index (κ1) is 16.9. The molecule has 0 unspecified atom stereocenters. The maximum Gasteiger partial charge on any atom is 0.180 e. The predicted molar refractivity (Wildman–Crippen MR) is 104 cm³/mol. The van der Waals surface area contributed by atoms with Crippen molar-refractivity contribution in [3.05, 3.63) is 54.2 Å². The first-order valence-electron chi connectivity index (χ1n) is 7.89. The van der Waals surface area contributed by atoms with Crippen molar-refractivity contribution < 1.29 is 13.5 Å². The second kappa shape index (κ2) is 6.64. The van der Waals surface area contributed by atoms with Crippen LogP contribution in [0.3, 0.4) is 0 Å². The quantitative estimate of drug-likeness (QED) is 0.547. The molecule has 8 heteroatoms.